The van der Waals surface area contributed by atoms with Gasteiger partial charge >= 0.3 is 6.09 Å². The molecule has 7 heteroatoms. The van der Waals surface area contributed by atoms with Crippen LogP contribution in [-0.2, 0) is 22.4 Å². The summed E-state index contributed by atoms with van der Waals surface area (Å²) >= 11 is 0. The van der Waals surface area contributed by atoms with Gasteiger partial charge in [0.2, 0.25) is 5.91 Å². The van der Waals surface area contributed by atoms with Gasteiger partial charge in [0.25, 0.3) is 0 Å². The van der Waals surface area contributed by atoms with Crippen LogP contribution < -0.4 is 0 Å². The number of amides is 2. The Bertz CT molecular complexity index is 933. The molecule has 0 bridgehead atoms. The Kier molecular flexibility index (Phi) is 8.56. The summed E-state index contributed by atoms with van der Waals surface area (Å²) in [7, 11) is 1.62. The largest absolute Gasteiger partial charge is 0.508 e. The Morgan fingerprint density at radius 1 is 0.971 bits per heavy atom. The van der Waals surface area contributed by atoms with E-state index in [1.807, 2.05) is 31.7 Å². The Hall–Kier alpha value is -3.06. The minimum Gasteiger partial charge on any atom is -0.508 e. The van der Waals surface area contributed by atoms with Gasteiger partial charge in [-0.3, -0.25) is 14.6 Å². The number of likely N-dealkylation sites (N-methyl/N-ethyl adjacent to an activating group) is 1. The third-order valence-electron chi connectivity index (χ3n) is 6.04. The van der Waals surface area contributed by atoms with Gasteiger partial charge in [0.15, 0.2) is 0 Å². The molecule has 7 nitrogen and oxygen atoms in total. The zero-order valence-electron chi connectivity index (χ0n) is 20.7. The predicted molar refractivity (Wildman–Crippen MR) is 133 cm³/mol. The number of hydrogen-bond donors (Lipinski definition) is 1. The van der Waals surface area contributed by atoms with Crippen molar-refractivity contribution in [3.63, 3.8) is 0 Å². The molecule has 2 aromatic rings. The number of aromatic hydroxyl groups is 1. The number of phenolic OH excluding ortho intramolecular Hbond substituents is 1. The van der Waals surface area contributed by atoms with Gasteiger partial charge < -0.3 is 14.7 Å². The zero-order valence-corrected chi connectivity index (χ0v) is 20.7. The second-order valence-corrected chi connectivity index (χ2v) is 9.88. The van der Waals surface area contributed by atoms with Crippen LogP contribution in [0, 0.1) is 0 Å². The molecule has 1 aliphatic heterocycles. The van der Waals surface area contributed by atoms with Crippen LogP contribution in [0.5, 0.6) is 5.75 Å². The van der Waals surface area contributed by atoms with Crippen molar-refractivity contribution in [1.82, 2.24) is 14.7 Å². The molecular formula is C27H37N3O4. The van der Waals surface area contributed by atoms with E-state index in [4.69, 9.17) is 4.74 Å². The highest BCUT2D eigenvalue weighted by molar-refractivity contribution is 5.86. The molecule has 34 heavy (non-hydrogen) atoms. The maximum absolute atomic E-state index is 13.6. The van der Waals surface area contributed by atoms with Crippen LogP contribution in [-0.4, -0.2) is 83.2 Å². The molecule has 0 aromatic heterocycles. The molecule has 1 aliphatic rings. The zero-order chi connectivity index (χ0) is 24.7. The average Bonchev–Trinajstić information content (AvgIpc) is 2.81. The van der Waals surface area contributed by atoms with Crippen molar-refractivity contribution in [3.8, 4) is 5.75 Å². The number of ether oxygens (including phenoxy) is 1. The topological polar surface area (TPSA) is 73.3 Å². The molecule has 1 unspecified atom stereocenters. The van der Waals surface area contributed by atoms with E-state index >= 15 is 0 Å². The molecule has 2 amide bonds. The lowest BCUT2D eigenvalue weighted by Crippen LogP contribution is -2.56. The first-order chi connectivity index (χ1) is 16.1. The molecule has 0 saturated carbocycles. The fraction of sp³-hybridized carbons (Fsp3) is 0.481. The third-order valence-corrected chi connectivity index (χ3v) is 6.04. The van der Waals surface area contributed by atoms with E-state index in [1.54, 1.807) is 31.3 Å². The van der Waals surface area contributed by atoms with Gasteiger partial charge in [-0.2, -0.15) is 0 Å². The van der Waals surface area contributed by atoms with Crippen molar-refractivity contribution < 1.29 is 19.4 Å². The highest BCUT2D eigenvalue weighted by Crippen LogP contribution is 2.18. The van der Waals surface area contributed by atoms with Crippen molar-refractivity contribution in [3.05, 3.63) is 65.7 Å². The normalized spacial score (nSPS) is 15.6. The van der Waals surface area contributed by atoms with Crippen molar-refractivity contribution >= 4 is 12.0 Å². The summed E-state index contributed by atoms with van der Waals surface area (Å²) in [6, 6.07) is 16.5. The molecular weight excluding hydrogens is 430 g/mol. The third kappa shape index (κ3) is 7.48. The quantitative estimate of drug-likeness (QED) is 0.674. The summed E-state index contributed by atoms with van der Waals surface area (Å²) in [5, 5.41) is 9.61. The minimum absolute atomic E-state index is 0.0795. The number of hydrogen-bond acceptors (Lipinski definition) is 5. The molecule has 184 valence electrons. The molecule has 0 spiro atoms. The highest BCUT2D eigenvalue weighted by atomic mass is 16.6. The maximum Gasteiger partial charge on any atom is 0.410 e. The van der Waals surface area contributed by atoms with Crippen molar-refractivity contribution in [1.29, 1.82) is 0 Å². The van der Waals surface area contributed by atoms with Gasteiger partial charge in [-0.25, -0.2) is 4.79 Å². The number of piperazine rings is 1. The van der Waals surface area contributed by atoms with E-state index in [2.05, 4.69) is 29.2 Å². The maximum atomic E-state index is 13.6. The van der Waals surface area contributed by atoms with Gasteiger partial charge in [0.1, 0.15) is 17.4 Å². The molecule has 1 atom stereocenters. The van der Waals surface area contributed by atoms with Crippen molar-refractivity contribution in [2.24, 2.45) is 0 Å². The lowest BCUT2D eigenvalue weighted by atomic mass is 10.0. The fourth-order valence-corrected chi connectivity index (χ4v) is 4.04. The molecule has 1 fully saturated rings. The minimum atomic E-state index is -0.685. The van der Waals surface area contributed by atoms with Crippen LogP contribution in [0.25, 0.3) is 0 Å². The number of carbonyl (C=O) groups excluding carboxylic acids is 2. The molecule has 0 radical (unpaired) electrons. The standard InChI is InChI=1S/C27H37N3O4/c1-27(2,3)34-26(33)28(4)24(20-22-10-12-23(31)13-11-22)25(32)30-18-16-29(17-19-30)15-14-21-8-6-5-7-9-21/h5-13,24,31H,14-20H2,1-4H3. The summed E-state index contributed by atoms with van der Waals surface area (Å²) in [4.78, 5) is 32.0. The summed E-state index contributed by atoms with van der Waals surface area (Å²) < 4.78 is 5.53. The lowest BCUT2D eigenvalue weighted by Gasteiger charge is -2.38. The van der Waals surface area contributed by atoms with E-state index in [1.165, 1.54) is 10.5 Å². The Balaban J connectivity index is 1.64. The first-order valence-corrected chi connectivity index (χ1v) is 11.9. The average molecular weight is 468 g/mol. The number of rotatable bonds is 7. The van der Waals surface area contributed by atoms with Crippen LogP contribution in [0.15, 0.2) is 54.6 Å². The van der Waals surface area contributed by atoms with Crippen LogP contribution in [0.4, 0.5) is 4.79 Å². The molecule has 0 aliphatic carbocycles. The predicted octanol–water partition coefficient (Wildman–Crippen LogP) is 3.56. The molecule has 1 heterocycles. The first kappa shape index (κ1) is 25.6. The lowest BCUT2D eigenvalue weighted by molar-refractivity contribution is -0.138. The van der Waals surface area contributed by atoms with Crippen LogP contribution in [0.1, 0.15) is 31.9 Å². The van der Waals surface area contributed by atoms with Crippen LogP contribution in [0.2, 0.25) is 0 Å². The molecule has 3 rings (SSSR count). The van der Waals surface area contributed by atoms with E-state index in [-0.39, 0.29) is 11.7 Å². The van der Waals surface area contributed by atoms with E-state index in [9.17, 15) is 14.7 Å². The van der Waals surface area contributed by atoms with Gasteiger partial charge in [-0.15, -0.1) is 0 Å². The van der Waals surface area contributed by atoms with Gasteiger partial charge in [-0.1, -0.05) is 42.5 Å². The van der Waals surface area contributed by atoms with Crippen LogP contribution >= 0.6 is 0 Å². The summed E-state index contributed by atoms with van der Waals surface area (Å²) in [5.41, 5.74) is 1.53. The SMILES string of the molecule is CN(C(=O)OC(C)(C)C)C(Cc1ccc(O)cc1)C(=O)N1CCN(CCc2ccccc2)CC1. The highest BCUT2D eigenvalue weighted by Gasteiger charge is 2.34. The Labute approximate surface area is 202 Å². The van der Waals surface area contributed by atoms with E-state index < -0.39 is 17.7 Å². The van der Waals surface area contributed by atoms with Crippen molar-refractivity contribution in [2.45, 2.75) is 45.3 Å². The second-order valence-electron chi connectivity index (χ2n) is 9.88. The summed E-state index contributed by atoms with van der Waals surface area (Å²) in [6.45, 7) is 9.25. The van der Waals surface area contributed by atoms with Gasteiger partial charge in [0.05, 0.1) is 0 Å². The van der Waals surface area contributed by atoms with Gasteiger partial charge in [0, 0.05) is 46.2 Å². The smallest absolute Gasteiger partial charge is 0.410 e. The number of carbonyl (C=O) groups is 2. The number of phenols is 1. The van der Waals surface area contributed by atoms with Gasteiger partial charge in [-0.05, 0) is 50.5 Å². The van der Waals surface area contributed by atoms with E-state index in [0.717, 1.165) is 31.6 Å². The van der Waals surface area contributed by atoms with Crippen molar-refractivity contribution in [2.75, 3.05) is 39.8 Å². The molecule has 2 aromatic carbocycles. The number of nitrogens with zero attached hydrogens (tertiary/aromatic N) is 3. The molecule has 1 saturated heterocycles. The Morgan fingerprint density at radius 3 is 2.18 bits per heavy atom. The molecule has 1 N–H and O–H groups in total. The number of benzene rings is 2. The monoisotopic (exact) mass is 467 g/mol. The fourth-order valence-electron chi connectivity index (χ4n) is 4.04. The summed E-state index contributed by atoms with van der Waals surface area (Å²) in [5.74, 6) is 0.0860. The summed E-state index contributed by atoms with van der Waals surface area (Å²) in [6.07, 6.45) is 0.814. The Morgan fingerprint density at radius 2 is 1.59 bits per heavy atom. The first-order valence-electron chi connectivity index (χ1n) is 11.9. The second kappa shape index (κ2) is 11.4. The van der Waals surface area contributed by atoms with E-state index in [0.29, 0.717) is 19.5 Å². The van der Waals surface area contributed by atoms with Crippen LogP contribution in [0.3, 0.4) is 0 Å².